The van der Waals surface area contributed by atoms with Crippen molar-refractivity contribution in [2.75, 3.05) is 0 Å². The molecule has 1 rings (SSSR count). The molecule has 0 fully saturated rings. The number of hydrogen-bond donors (Lipinski definition) is 2. The Morgan fingerprint density at radius 2 is 2.00 bits per heavy atom. The van der Waals surface area contributed by atoms with E-state index in [9.17, 15) is 4.79 Å². The Morgan fingerprint density at radius 1 is 1.38 bits per heavy atom. The summed E-state index contributed by atoms with van der Waals surface area (Å²) in [6.45, 7) is 0. The molecule has 0 aromatic heterocycles. The Labute approximate surface area is 100 Å². The van der Waals surface area contributed by atoms with Crippen LogP contribution < -0.4 is 5.73 Å². The molecule has 88 valence electrons. The van der Waals surface area contributed by atoms with Crippen molar-refractivity contribution in [3.8, 4) is 0 Å². The molecular weight excluding hydrogens is 226 g/mol. The van der Waals surface area contributed by atoms with Crippen molar-refractivity contribution in [1.82, 2.24) is 0 Å². The lowest BCUT2D eigenvalue weighted by atomic mass is 10.0. The van der Waals surface area contributed by atoms with Crippen LogP contribution in [-0.2, 0) is 11.2 Å². The van der Waals surface area contributed by atoms with Gasteiger partial charge in [-0.25, -0.2) is 0 Å². The van der Waals surface area contributed by atoms with Crippen LogP contribution in [0.2, 0.25) is 5.02 Å². The van der Waals surface area contributed by atoms with Gasteiger partial charge in [0.15, 0.2) is 0 Å². The molecule has 0 aliphatic carbocycles. The van der Waals surface area contributed by atoms with Crippen LogP contribution in [0.25, 0.3) is 0 Å². The lowest BCUT2D eigenvalue weighted by molar-refractivity contribution is -0.137. The zero-order chi connectivity index (χ0) is 12.0. The number of benzene rings is 1. The van der Waals surface area contributed by atoms with Crippen LogP contribution in [0.15, 0.2) is 24.3 Å². The molecule has 0 saturated heterocycles. The Balaban J connectivity index is 2.25. The minimum atomic E-state index is -0.834. The third kappa shape index (κ3) is 5.14. The summed E-state index contributed by atoms with van der Waals surface area (Å²) in [6, 6.07) is 7.42. The number of carboxylic acids is 1. The second kappa shape index (κ2) is 6.51. The topological polar surface area (TPSA) is 63.3 Å². The summed E-state index contributed by atoms with van der Waals surface area (Å²) in [6.07, 6.45) is 2.58. The summed E-state index contributed by atoms with van der Waals surface area (Å²) in [7, 11) is 0. The van der Waals surface area contributed by atoms with Gasteiger partial charge in [-0.1, -0.05) is 23.7 Å². The molecule has 0 amide bonds. The van der Waals surface area contributed by atoms with Crippen LogP contribution in [0.4, 0.5) is 0 Å². The van der Waals surface area contributed by atoms with Gasteiger partial charge >= 0.3 is 5.97 Å². The minimum Gasteiger partial charge on any atom is -0.481 e. The lowest BCUT2D eigenvalue weighted by Gasteiger charge is -2.08. The maximum absolute atomic E-state index is 10.4. The van der Waals surface area contributed by atoms with E-state index in [2.05, 4.69) is 0 Å². The van der Waals surface area contributed by atoms with Crippen molar-refractivity contribution in [2.45, 2.75) is 31.7 Å². The van der Waals surface area contributed by atoms with E-state index in [4.69, 9.17) is 22.4 Å². The zero-order valence-corrected chi connectivity index (χ0v) is 9.78. The molecule has 0 radical (unpaired) electrons. The molecule has 0 unspecified atom stereocenters. The molecule has 0 saturated carbocycles. The summed E-state index contributed by atoms with van der Waals surface area (Å²) in [4.78, 5) is 10.4. The van der Waals surface area contributed by atoms with Gasteiger partial charge in [0.1, 0.15) is 0 Å². The van der Waals surface area contributed by atoms with Gasteiger partial charge in [-0.3, -0.25) is 4.79 Å². The van der Waals surface area contributed by atoms with Gasteiger partial charge in [0.2, 0.25) is 0 Å². The van der Waals surface area contributed by atoms with Crippen LogP contribution in [0, 0.1) is 0 Å². The lowest BCUT2D eigenvalue weighted by Crippen LogP contribution is -2.23. The van der Waals surface area contributed by atoms with Crippen molar-refractivity contribution in [3.63, 3.8) is 0 Å². The normalized spacial score (nSPS) is 12.4. The summed E-state index contributed by atoms with van der Waals surface area (Å²) in [5.41, 5.74) is 6.86. The van der Waals surface area contributed by atoms with Gasteiger partial charge < -0.3 is 10.8 Å². The van der Waals surface area contributed by atoms with Gasteiger partial charge in [-0.2, -0.15) is 0 Å². The van der Waals surface area contributed by atoms with Crippen LogP contribution in [-0.4, -0.2) is 17.1 Å². The first-order chi connectivity index (χ1) is 7.58. The molecule has 3 nitrogen and oxygen atoms in total. The monoisotopic (exact) mass is 241 g/mol. The molecule has 3 N–H and O–H groups in total. The van der Waals surface area contributed by atoms with Gasteiger partial charge in [0.25, 0.3) is 0 Å². The molecule has 1 atom stereocenters. The Hall–Kier alpha value is -1.06. The molecule has 1 aromatic carbocycles. The Kier molecular flexibility index (Phi) is 5.29. The second-order valence-electron chi connectivity index (χ2n) is 3.88. The Morgan fingerprint density at radius 3 is 2.56 bits per heavy atom. The van der Waals surface area contributed by atoms with E-state index in [1.807, 2.05) is 24.3 Å². The first-order valence-electron chi connectivity index (χ1n) is 5.30. The van der Waals surface area contributed by atoms with Gasteiger partial charge in [0, 0.05) is 11.1 Å². The smallest absolute Gasteiger partial charge is 0.304 e. The number of aliphatic carboxylic acids is 1. The quantitative estimate of drug-likeness (QED) is 0.804. The number of halogens is 1. The van der Waals surface area contributed by atoms with Crippen molar-refractivity contribution < 1.29 is 9.90 Å². The molecule has 0 heterocycles. The van der Waals surface area contributed by atoms with Gasteiger partial charge in [-0.05, 0) is 37.0 Å². The number of aryl methyl sites for hydroxylation is 1. The number of rotatable bonds is 6. The van der Waals surface area contributed by atoms with E-state index in [1.54, 1.807) is 0 Å². The highest BCUT2D eigenvalue weighted by Crippen LogP contribution is 2.12. The van der Waals surface area contributed by atoms with Crippen LogP contribution in [0.1, 0.15) is 24.8 Å². The van der Waals surface area contributed by atoms with Crippen molar-refractivity contribution in [2.24, 2.45) is 5.73 Å². The fourth-order valence-corrected chi connectivity index (χ4v) is 1.67. The largest absolute Gasteiger partial charge is 0.481 e. The Bertz CT molecular complexity index is 337. The molecule has 0 spiro atoms. The average Bonchev–Trinajstić information content (AvgIpc) is 2.20. The molecule has 1 aromatic rings. The maximum atomic E-state index is 10.4. The van der Waals surface area contributed by atoms with E-state index in [1.165, 1.54) is 5.56 Å². The van der Waals surface area contributed by atoms with E-state index < -0.39 is 5.97 Å². The average molecular weight is 242 g/mol. The van der Waals surface area contributed by atoms with Crippen LogP contribution in [0.5, 0.6) is 0 Å². The molecule has 0 bridgehead atoms. The predicted octanol–water partition coefficient (Wildman–Crippen LogP) is 2.46. The summed E-state index contributed by atoms with van der Waals surface area (Å²) >= 11 is 5.77. The van der Waals surface area contributed by atoms with Crippen molar-refractivity contribution in [1.29, 1.82) is 0 Å². The van der Waals surface area contributed by atoms with E-state index in [-0.39, 0.29) is 12.5 Å². The summed E-state index contributed by atoms with van der Waals surface area (Å²) < 4.78 is 0. The van der Waals surface area contributed by atoms with Crippen LogP contribution in [0.3, 0.4) is 0 Å². The minimum absolute atomic E-state index is 0.0423. The fraction of sp³-hybridized carbons (Fsp3) is 0.417. The molecule has 0 aliphatic heterocycles. The summed E-state index contributed by atoms with van der Waals surface area (Å²) in [5.74, 6) is -0.834. The van der Waals surface area contributed by atoms with Crippen molar-refractivity contribution >= 4 is 17.6 Å². The first-order valence-corrected chi connectivity index (χ1v) is 5.67. The number of carboxylic acid groups (broad SMARTS) is 1. The van der Waals surface area contributed by atoms with E-state index in [0.29, 0.717) is 0 Å². The number of carbonyl (C=O) groups is 1. The van der Waals surface area contributed by atoms with Crippen molar-refractivity contribution in [3.05, 3.63) is 34.9 Å². The number of nitrogens with two attached hydrogens (primary N) is 1. The summed E-state index contributed by atoms with van der Waals surface area (Å²) in [5, 5.41) is 9.26. The highest BCUT2D eigenvalue weighted by Gasteiger charge is 2.07. The SMILES string of the molecule is N[C@@H](CCCc1ccc(Cl)cc1)CC(=O)O. The molecule has 16 heavy (non-hydrogen) atoms. The molecule has 4 heteroatoms. The van der Waals surface area contributed by atoms with Gasteiger partial charge in [-0.15, -0.1) is 0 Å². The van der Waals surface area contributed by atoms with Gasteiger partial charge in [0.05, 0.1) is 6.42 Å². The predicted molar refractivity (Wildman–Crippen MR) is 64.6 cm³/mol. The highest BCUT2D eigenvalue weighted by atomic mass is 35.5. The third-order valence-corrected chi connectivity index (χ3v) is 2.64. The standard InChI is InChI=1S/C12H16ClNO2/c13-10-6-4-9(5-7-10)2-1-3-11(14)8-12(15)16/h4-7,11H,1-3,8,14H2,(H,15,16)/t11-/m0/s1. The van der Waals surface area contributed by atoms with E-state index >= 15 is 0 Å². The highest BCUT2D eigenvalue weighted by molar-refractivity contribution is 6.30. The fourth-order valence-electron chi connectivity index (χ4n) is 1.55. The maximum Gasteiger partial charge on any atom is 0.304 e. The molecule has 0 aliphatic rings. The zero-order valence-electron chi connectivity index (χ0n) is 9.03. The first kappa shape index (κ1) is 13.0. The van der Waals surface area contributed by atoms with E-state index in [0.717, 1.165) is 24.3 Å². The molecular formula is C12H16ClNO2. The third-order valence-electron chi connectivity index (χ3n) is 2.39. The van der Waals surface area contributed by atoms with Crippen LogP contribution >= 0.6 is 11.6 Å². The second-order valence-corrected chi connectivity index (χ2v) is 4.31. The number of hydrogen-bond acceptors (Lipinski definition) is 2.